The number of nitroso groups, excluding NO2 is 1. The Balaban J connectivity index is 2.06. The van der Waals surface area contributed by atoms with Gasteiger partial charge in [0.05, 0.1) is 12.3 Å². The van der Waals surface area contributed by atoms with E-state index in [1.807, 2.05) is 0 Å². The van der Waals surface area contributed by atoms with Gasteiger partial charge in [-0.05, 0) is 19.9 Å². The molecule has 1 saturated heterocycles. The van der Waals surface area contributed by atoms with Gasteiger partial charge in [-0.3, -0.25) is 9.59 Å². The molecule has 2 aliphatic rings. The number of rotatable bonds is 6. The van der Waals surface area contributed by atoms with Crippen LogP contribution in [0, 0.1) is 22.5 Å². The van der Waals surface area contributed by atoms with Crippen molar-refractivity contribution in [2.24, 2.45) is 11.7 Å². The van der Waals surface area contributed by atoms with Crippen LogP contribution in [0.25, 0.3) is 0 Å². The molecule has 1 unspecified atom stereocenters. The summed E-state index contributed by atoms with van der Waals surface area (Å²) in [6.45, 7) is 3.29. The first-order valence-electron chi connectivity index (χ1n) is 10.5. The minimum atomic E-state index is -4.92. The molecule has 0 aromatic heterocycles. The number of carbonyl (C=O) groups is 2. The fraction of sp³-hybridized carbons (Fsp3) is 0.455. The Kier molecular flexibility index (Phi) is 7.02. The molecule has 1 aromatic rings. The van der Waals surface area contributed by atoms with Crippen LogP contribution in [0.2, 0.25) is 0 Å². The van der Waals surface area contributed by atoms with Gasteiger partial charge in [0.25, 0.3) is 11.8 Å². The summed E-state index contributed by atoms with van der Waals surface area (Å²) in [5.41, 5.74) is 2.05. The van der Waals surface area contributed by atoms with E-state index >= 15 is 0 Å². The maximum atomic E-state index is 14.6. The number of allylic oxidation sites excluding steroid dienone is 1. The van der Waals surface area contributed by atoms with E-state index in [4.69, 9.17) is 15.2 Å². The number of nitrogens with zero attached hydrogens (tertiary/aromatic N) is 1. The first kappa shape index (κ1) is 26.3. The predicted molar refractivity (Wildman–Crippen MR) is 111 cm³/mol. The number of nitrogens with one attached hydrogen (secondary N) is 1. The van der Waals surface area contributed by atoms with Gasteiger partial charge >= 0.3 is 12.2 Å². The lowest BCUT2D eigenvalue weighted by Gasteiger charge is -2.32. The van der Waals surface area contributed by atoms with Crippen molar-refractivity contribution in [3.05, 3.63) is 58.3 Å². The van der Waals surface area contributed by atoms with Gasteiger partial charge in [0.15, 0.2) is 17.2 Å². The molecule has 0 bridgehead atoms. The standard InChI is InChI=1S/C22H22F5N3O5/c1-4-34-17-12(5-6-13(23)16(17)24)15-10(2)21(3,22(25,26)27)35-18(15)20(32)29-11-7-8-30(33)14(9-11)19(28)31/h5-10,14-15,18H,4H2,1-3H3,(H2-,28,29,31,32)/p+1/t10-,14+,15-,18?,21+/m1/s1. The molecule has 0 spiro atoms. The van der Waals surface area contributed by atoms with Gasteiger partial charge in [-0.1, -0.05) is 13.0 Å². The van der Waals surface area contributed by atoms with Crippen LogP contribution in [0.15, 0.2) is 36.2 Å². The van der Waals surface area contributed by atoms with Crippen molar-refractivity contribution in [2.45, 2.75) is 50.6 Å². The fourth-order valence-corrected chi connectivity index (χ4v) is 4.17. The predicted octanol–water partition coefficient (Wildman–Crippen LogP) is 2.96. The number of primary amides is 1. The molecular weight excluding hydrogens is 481 g/mol. The van der Waals surface area contributed by atoms with E-state index in [1.165, 1.54) is 13.8 Å². The van der Waals surface area contributed by atoms with Crippen molar-refractivity contribution in [1.82, 2.24) is 5.32 Å². The molecule has 2 heterocycles. The number of amides is 2. The van der Waals surface area contributed by atoms with Crippen molar-refractivity contribution >= 4 is 11.8 Å². The maximum Gasteiger partial charge on any atom is 0.417 e. The summed E-state index contributed by atoms with van der Waals surface area (Å²) in [7, 11) is 0. The SMILES string of the molecule is CCOc1c([C@@H]2C(C(=O)NC3=C[C@@H](C(N)=O)[N+](=O)C=C3)O[C@](C)(C(F)(F)F)[C@@H]2C)ccc(F)c1F. The first-order chi connectivity index (χ1) is 16.2. The fourth-order valence-electron chi connectivity index (χ4n) is 4.17. The second-order valence-electron chi connectivity index (χ2n) is 8.30. The topological polar surface area (TPSA) is 111 Å². The number of hydrogen-bond acceptors (Lipinski definition) is 5. The van der Waals surface area contributed by atoms with E-state index in [-0.39, 0.29) is 22.6 Å². The number of carbonyl (C=O) groups excluding carboxylic acids is 2. The van der Waals surface area contributed by atoms with Crippen LogP contribution < -0.4 is 15.8 Å². The lowest BCUT2D eigenvalue weighted by Crippen LogP contribution is -2.47. The maximum absolute atomic E-state index is 14.6. The Labute approximate surface area is 196 Å². The Morgan fingerprint density at radius 2 is 1.94 bits per heavy atom. The highest BCUT2D eigenvalue weighted by Gasteiger charge is 2.66. The molecule has 13 heteroatoms. The van der Waals surface area contributed by atoms with E-state index in [1.54, 1.807) is 0 Å². The van der Waals surface area contributed by atoms with Crippen molar-refractivity contribution in [3.8, 4) is 5.75 Å². The van der Waals surface area contributed by atoms with Crippen molar-refractivity contribution in [2.75, 3.05) is 6.61 Å². The lowest BCUT2D eigenvalue weighted by molar-refractivity contribution is -0.495. The van der Waals surface area contributed by atoms with E-state index in [0.717, 1.165) is 37.4 Å². The van der Waals surface area contributed by atoms with Gasteiger partial charge in [0.1, 0.15) is 6.10 Å². The molecule has 190 valence electrons. The number of nitrogens with two attached hydrogens (primary N) is 1. The van der Waals surface area contributed by atoms with Gasteiger partial charge in [-0.15, -0.1) is 0 Å². The lowest BCUT2D eigenvalue weighted by atomic mass is 9.77. The van der Waals surface area contributed by atoms with Gasteiger partial charge < -0.3 is 20.5 Å². The van der Waals surface area contributed by atoms with Crippen LogP contribution in [-0.4, -0.2) is 47.1 Å². The minimum Gasteiger partial charge on any atom is -0.490 e. The molecule has 0 radical (unpaired) electrons. The third kappa shape index (κ3) is 4.64. The zero-order valence-electron chi connectivity index (χ0n) is 18.9. The number of halogens is 5. The molecule has 35 heavy (non-hydrogen) atoms. The quantitative estimate of drug-likeness (QED) is 0.457. The van der Waals surface area contributed by atoms with E-state index < -0.39 is 65.0 Å². The van der Waals surface area contributed by atoms with Crippen LogP contribution >= 0.6 is 0 Å². The number of ether oxygens (including phenoxy) is 2. The molecule has 0 saturated carbocycles. The van der Waals surface area contributed by atoms with Gasteiger partial charge in [-0.2, -0.15) is 17.6 Å². The Morgan fingerprint density at radius 1 is 1.29 bits per heavy atom. The van der Waals surface area contributed by atoms with Crippen LogP contribution in [0.5, 0.6) is 5.75 Å². The summed E-state index contributed by atoms with van der Waals surface area (Å²) in [4.78, 5) is 36.3. The van der Waals surface area contributed by atoms with E-state index in [0.29, 0.717) is 0 Å². The Bertz CT molecular complexity index is 1120. The second kappa shape index (κ2) is 9.36. The van der Waals surface area contributed by atoms with Crippen LogP contribution in [0.3, 0.4) is 0 Å². The molecular formula is C22H23F5N3O5+. The van der Waals surface area contributed by atoms with Gasteiger partial charge in [0.2, 0.25) is 12.0 Å². The highest BCUT2D eigenvalue weighted by Crippen LogP contribution is 2.54. The average Bonchev–Trinajstić information content (AvgIpc) is 3.05. The summed E-state index contributed by atoms with van der Waals surface area (Å²) in [5, 5.41) is 2.31. The zero-order valence-corrected chi connectivity index (χ0v) is 18.9. The normalized spacial score (nSPS) is 28.6. The second-order valence-corrected chi connectivity index (χ2v) is 8.30. The molecule has 5 atom stereocenters. The van der Waals surface area contributed by atoms with Crippen molar-refractivity contribution in [3.63, 3.8) is 0 Å². The highest BCUT2D eigenvalue weighted by molar-refractivity contribution is 5.86. The number of benzene rings is 1. The molecule has 2 aliphatic heterocycles. The molecule has 1 fully saturated rings. The van der Waals surface area contributed by atoms with E-state index in [9.17, 15) is 36.4 Å². The minimum absolute atomic E-state index is 0.0863. The summed E-state index contributed by atoms with van der Waals surface area (Å²) in [6, 6.07) is 0.324. The third-order valence-corrected chi connectivity index (χ3v) is 6.23. The molecule has 8 nitrogen and oxygen atoms in total. The van der Waals surface area contributed by atoms with Gasteiger partial charge in [0, 0.05) is 39.2 Å². The van der Waals surface area contributed by atoms with Crippen molar-refractivity contribution in [1.29, 1.82) is 0 Å². The summed E-state index contributed by atoms with van der Waals surface area (Å²) in [6.07, 6.45) is -3.71. The zero-order chi connectivity index (χ0) is 26.3. The largest absolute Gasteiger partial charge is 0.490 e. The first-order valence-corrected chi connectivity index (χ1v) is 10.5. The van der Waals surface area contributed by atoms with E-state index in [2.05, 4.69) is 5.32 Å². The Morgan fingerprint density at radius 3 is 2.51 bits per heavy atom. The van der Waals surface area contributed by atoms with Gasteiger partial charge in [-0.25, -0.2) is 4.39 Å². The molecule has 3 N–H and O–H groups in total. The molecule has 0 aliphatic carbocycles. The smallest absolute Gasteiger partial charge is 0.417 e. The summed E-state index contributed by atoms with van der Waals surface area (Å²) >= 11 is 0. The number of alkyl halides is 3. The van der Waals surface area contributed by atoms with Crippen LogP contribution in [-0.2, 0) is 14.3 Å². The molecule has 2 amide bonds. The van der Waals surface area contributed by atoms with Crippen LogP contribution in [0.4, 0.5) is 22.0 Å². The molecule has 1 aromatic carbocycles. The van der Waals surface area contributed by atoms with Crippen molar-refractivity contribution < 1.29 is 45.8 Å². The third-order valence-electron chi connectivity index (χ3n) is 6.23. The highest BCUT2D eigenvalue weighted by atomic mass is 19.4. The average molecular weight is 504 g/mol. The van der Waals surface area contributed by atoms with Crippen LogP contribution in [0.1, 0.15) is 32.3 Å². The molecule has 3 rings (SSSR count). The Hall–Kier alpha value is -3.35. The summed E-state index contributed by atoms with van der Waals surface area (Å²) in [5.74, 6) is -8.24. The summed E-state index contributed by atoms with van der Waals surface area (Å²) < 4.78 is 81.2. The number of hydrogen-bond donors (Lipinski definition) is 2. The monoisotopic (exact) mass is 504 g/mol.